The van der Waals surface area contributed by atoms with Crippen LogP contribution in [0.3, 0.4) is 0 Å². The third-order valence-corrected chi connectivity index (χ3v) is 3.05. The predicted molar refractivity (Wildman–Crippen MR) is 55.0 cm³/mol. The van der Waals surface area contributed by atoms with Gasteiger partial charge in [-0.25, -0.2) is 0 Å². The Morgan fingerprint density at radius 3 is 3.08 bits per heavy atom. The molecule has 0 aromatic heterocycles. The van der Waals surface area contributed by atoms with Crippen molar-refractivity contribution >= 4 is 21.8 Å². The van der Waals surface area contributed by atoms with Crippen molar-refractivity contribution in [2.75, 3.05) is 25.1 Å². The summed E-state index contributed by atoms with van der Waals surface area (Å²) in [6, 6.07) is 0.382. The molecule has 1 aliphatic rings. The number of carbonyl (C=O) groups is 1. The van der Waals surface area contributed by atoms with Gasteiger partial charge in [0.2, 0.25) is 5.91 Å². The SMILES string of the molecule is CCOCC(=O)N1CCCC1CBr. The number of alkyl halides is 1. The Kier molecular flexibility index (Phi) is 4.73. The van der Waals surface area contributed by atoms with Crippen molar-refractivity contribution in [1.29, 1.82) is 0 Å². The highest BCUT2D eigenvalue weighted by Gasteiger charge is 2.27. The molecule has 0 N–H and O–H groups in total. The Balaban J connectivity index is 2.36. The molecule has 1 rings (SSSR count). The molecular weight excluding hydrogens is 234 g/mol. The minimum Gasteiger partial charge on any atom is -0.372 e. The normalized spacial score (nSPS) is 22.3. The van der Waals surface area contributed by atoms with Crippen molar-refractivity contribution < 1.29 is 9.53 Å². The molecule has 1 amide bonds. The zero-order chi connectivity index (χ0) is 9.68. The van der Waals surface area contributed by atoms with Crippen LogP contribution in [0.25, 0.3) is 0 Å². The lowest BCUT2D eigenvalue weighted by Gasteiger charge is -2.22. The van der Waals surface area contributed by atoms with Gasteiger partial charge in [0.15, 0.2) is 0 Å². The monoisotopic (exact) mass is 249 g/mol. The molecule has 1 unspecified atom stereocenters. The molecule has 1 saturated heterocycles. The van der Waals surface area contributed by atoms with Gasteiger partial charge in [0.1, 0.15) is 6.61 Å². The molecule has 13 heavy (non-hydrogen) atoms. The Morgan fingerprint density at radius 1 is 1.69 bits per heavy atom. The third kappa shape index (κ3) is 2.95. The minimum atomic E-state index is 0.129. The van der Waals surface area contributed by atoms with Gasteiger partial charge in [0.05, 0.1) is 0 Å². The summed E-state index contributed by atoms with van der Waals surface area (Å²) in [7, 11) is 0. The van der Waals surface area contributed by atoms with Crippen LogP contribution in [0.4, 0.5) is 0 Å². The van der Waals surface area contributed by atoms with Gasteiger partial charge < -0.3 is 9.64 Å². The maximum atomic E-state index is 11.6. The number of likely N-dealkylation sites (tertiary alicyclic amines) is 1. The average Bonchev–Trinajstić information content (AvgIpc) is 2.61. The zero-order valence-electron chi connectivity index (χ0n) is 7.96. The maximum absolute atomic E-state index is 11.6. The molecule has 0 saturated carbocycles. The lowest BCUT2D eigenvalue weighted by molar-refractivity contribution is -0.136. The van der Waals surface area contributed by atoms with Crippen molar-refractivity contribution in [1.82, 2.24) is 4.90 Å². The third-order valence-electron chi connectivity index (χ3n) is 2.31. The van der Waals surface area contributed by atoms with Gasteiger partial charge >= 0.3 is 0 Å². The van der Waals surface area contributed by atoms with Crippen LogP contribution in [0.5, 0.6) is 0 Å². The van der Waals surface area contributed by atoms with Crippen LogP contribution in [0.15, 0.2) is 0 Å². The van der Waals surface area contributed by atoms with E-state index in [0.29, 0.717) is 12.6 Å². The quantitative estimate of drug-likeness (QED) is 0.706. The van der Waals surface area contributed by atoms with Gasteiger partial charge in [-0.1, -0.05) is 15.9 Å². The number of hydrogen-bond acceptors (Lipinski definition) is 2. The molecule has 0 aromatic rings. The van der Waals surface area contributed by atoms with Crippen molar-refractivity contribution in [2.24, 2.45) is 0 Å². The van der Waals surface area contributed by atoms with E-state index in [9.17, 15) is 4.79 Å². The fourth-order valence-corrected chi connectivity index (χ4v) is 2.27. The van der Waals surface area contributed by atoms with Crippen LogP contribution < -0.4 is 0 Å². The zero-order valence-corrected chi connectivity index (χ0v) is 9.55. The van der Waals surface area contributed by atoms with E-state index in [1.165, 1.54) is 0 Å². The van der Waals surface area contributed by atoms with Crippen molar-refractivity contribution in [3.05, 3.63) is 0 Å². The highest BCUT2D eigenvalue weighted by Crippen LogP contribution is 2.18. The molecule has 3 nitrogen and oxygen atoms in total. The summed E-state index contributed by atoms with van der Waals surface area (Å²) in [5.41, 5.74) is 0. The van der Waals surface area contributed by atoms with Crippen LogP contribution in [-0.2, 0) is 9.53 Å². The van der Waals surface area contributed by atoms with E-state index < -0.39 is 0 Å². The van der Waals surface area contributed by atoms with Gasteiger partial charge in [-0.3, -0.25) is 4.79 Å². The largest absolute Gasteiger partial charge is 0.372 e. The number of ether oxygens (including phenoxy) is 1. The summed E-state index contributed by atoms with van der Waals surface area (Å²) in [6.45, 7) is 3.64. The number of hydrogen-bond donors (Lipinski definition) is 0. The van der Waals surface area contributed by atoms with E-state index in [0.717, 1.165) is 24.7 Å². The summed E-state index contributed by atoms with van der Waals surface area (Å²) in [6.07, 6.45) is 2.23. The summed E-state index contributed by atoms with van der Waals surface area (Å²) in [5.74, 6) is 0.129. The van der Waals surface area contributed by atoms with Gasteiger partial charge in [0.25, 0.3) is 0 Å². The van der Waals surface area contributed by atoms with Crippen LogP contribution in [0.2, 0.25) is 0 Å². The molecule has 0 bridgehead atoms. The van der Waals surface area contributed by atoms with Crippen LogP contribution in [-0.4, -0.2) is 41.9 Å². The first kappa shape index (κ1) is 11.0. The van der Waals surface area contributed by atoms with Crippen LogP contribution >= 0.6 is 15.9 Å². The minimum absolute atomic E-state index is 0.129. The highest BCUT2D eigenvalue weighted by atomic mass is 79.9. The number of nitrogens with zero attached hydrogens (tertiary/aromatic N) is 1. The first-order valence-electron chi connectivity index (χ1n) is 4.72. The summed E-state index contributed by atoms with van der Waals surface area (Å²) in [5, 5.41) is 0.880. The van der Waals surface area contributed by atoms with E-state index in [4.69, 9.17) is 4.74 Å². The van der Waals surface area contributed by atoms with Crippen molar-refractivity contribution in [3.63, 3.8) is 0 Å². The van der Waals surface area contributed by atoms with Crippen LogP contribution in [0, 0.1) is 0 Å². The smallest absolute Gasteiger partial charge is 0.248 e. The Bertz CT molecular complexity index is 175. The first-order chi connectivity index (χ1) is 6.29. The Hall–Kier alpha value is -0.0900. The van der Waals surface area contributed by atoms with Crippen molar-refractivity contribution in [3.8, 4) is 0 Å². The molecular formula is C9H16BrNO2. The highest BCUT2D eigenvalue weighted by molar-refractivity contribution is 9.09. The van der Waals surface area contributed by atoms with Gasteiger partial charge in [-0.15, -0.1) is 0 Å². The van der Waals surface area contributed by atoms with E-state index >= 15 is 0 Å². The molecule has 4 heteroatoms. The Labute approximate surface area is 87.6 Å². The molecule has 0 aliphatic carbocycles. The second kappa shape index (κ2) is 5.60. The molecule has 0 radical (unpaired) electrons. The lowest BCUT2D eigenvalue weighted by atomic mass is 10.2. The number of amides is 1. The van der Waals surface area contributed by atoms with Gasteiger partial charge in [-0.05, 0) is 19.8 Å². The van der Waals surface area contributed by atoms with E-state index in [-0.39, 0.29) is 12.5 Å². The molecule has 76 valence electrons. The fourth-order valence-electron chi connectivity index (χ4n) is 1.60. The summed E-state index contributed by atoms with van der Waals surface area (Å²) < 4.78 is 5.09. The van der Waals surface area contributed by atoms with Crippen molar-refractivity contribution in [2.45, 2.75) is 25.8 Å². The number of rotatable bonds is 4. The predicted octanol–water partition coefficient (Wildman–Crippen LogP) is 1.41. The molecule has 1 atom stereocenters. The van der Waals surface area contributed by atoms with Gasteiger partial charge in [0, 0.05) is 24.5 Å². The number of carbonyl (C=O) groups excluding carboxylic acids is 1. The Morgan fingerprint density at radius 2 is 2.46 bits per heavy atom. The molecule has 1 aliphatic heterocycles. The summed E-state index contributed by atoms with van der Waals surface area (Å²) in [4.78, 5) is 13.5. The first-order valence-corrected chi connectivity index (χ1v) is 5.85. The molecule has 1 fully saturated rings. The summed E-state index contributed by atoms with van der Waals surface area (Å²) >= 11 is 3.42. The van der Waals surface area contributed by atoms with Crippen LogP contribution in [0.1, 0.15) is 19.8 Å². The fraction of sp³-hybridized carbons (Fsp3) is 0.889. The molecule has 0 aromatic carbocycles. The topological polar surface area (TPSA) is 29.5 Å². The van der Waals surface area contributed by atoms with Gasteiger partial charge in [-0.2, -0.15) is 0 Å². The van der Waals surface area contributed by atoms with E-state index in [2.05, 4.69) is 15.9 Å². The van der Waals surface area contributed by atoms with E-state index in [1.807, 2.05) is 11.8 Å². The molecule has 1 heterocycles. The van der Waals surface area contributed by atoms with E-state index in [1.54, 1.807) is 0 Å². The molecule has 0 spiro atoms. The standard InChI is InChI=1S/C9H16BrNO2/c1-2-13-7-9(12)11-5-3-4-8(11)6-10/h8H,2-7H2,1H3. The maximum Gasteiger partial charge on any atom is 0.248 e. The number of halogens is 1. The second-order valence-corrected chi connectivity index (χ2v) is 3.82. The lowest BCUT2D eigenvalue weighted by Crippen LogP contribution is -2.38. The average molecular weight is 250 g/mol. The second-order valence-electron chi connectivity index (χ2n) is 3.17.